The molecule has 0 aliphatic carbocycles. The molecule has 0 radical (unpaired) electrons. The van der Waals surface area contributed by atoms with Gasteiger partial charge in [-0.05, 0) is 24.3 Å². The summed E-state index contributed by atoms with van der Waals surface area (Å²) in [6.45, 7) is 2.09. The van der Waals surface area contributed by atoms with Crippen LogP contribution in [-0.2, 0) is 6.42 Å². The van der Waals surface area contributed by atoms with Gasteiger partial charge >= 0.3 is 0 Å². The number of hydrogen-bond donors (Lipinski definition) is 0. The van der Waals surface area contributed by atoms with E-state index in [1.165, 1.54) is 0 Å². The van der Waals surface area contributed by atoms with Crippen molar-refractivity contribution in [3.63, 3.8) is 0 Å². The fraction of sp³-hybridized carbons (Fsp3) is 0.118. The zero-order valence-corrected chi connectivity index (χ0v) is 12.9. The summed E-state index contributed by atoms with van der Waals surface area (Å²) in [5, 5.41) is 9.58. The molecule has 0 saturated heterocycles. The first-order valence-electron chi connectivity index (χ1n) is 7.22. The van der Waals surface area contributed by atoms with E-state index < -0.39 is 0 Å². The lowest BCUT2D eigenvalue weighted by Crippen LogP contribution is -1.98. The molecule has 4 rings (SSSR count). The maximum atomic E-state index is 4.79. The monoisotopic (exact) mass is 306 g/mol. The third-order valence-electron chi connectivity index (χ3n) is 3.54. The van der Waals surface area contributed by atoms with E-state index in [9.17, 15) is 0 Å². The van der Waals surface area contributed by atoms with E-state index in [1.54, 1.807) is 11.8 Å². The van der Waals surface area contributed by atoms with E-state index in [4.69, 9.17) is 4.98 Å². The first kappa shape index (κ1) is 13.3. The van der Waals surface area contributed by atoms with E-state index in [1.807, 2.05) is 36.4 Å². The highest BCUT2D eigenvalue weighted by atomic mass is 32.2. The molecule has 0 spiro atoms. The zero-order valence-electron chi connectivity index (χ0n) is 12.1. The van der Waals surface area contributed by atoms with E-state index in [2.05, 4.69) is 39.7 Å². The van der Waals surface area contributed by atoms with Crippen LogP contribution < -0.4 is 0 Å². The highest BCUT2D eigenvalue weighted by Crippen LogP contribution is 2.31. The van der Waals surface area contributed by atoms with Gasteiger partial charge in [0.2, 0.25) is 0 Å². The molecule has 4 aromatic rings. The Morgan fingerprint density at radius 2 is 1.73 bits per heavy atom. The maximum Gasteiger partial charge on any atom is 0.194 e. The Bertz CT molecular complexity index is 947. The number of para-hydroxylation sites is 2. The molecule has 0 aliphatic heterocycles. The lowest BCUT2D eigenvalue weighted by molar-refractivity contribution is 0.920. The number of benzene rings is 2. The molecule has 22 heavy (non-hydrogen) atoms. The van der Waals surface area contributed by atoms with E-state index in [-0.39, 0.29) is 0 Å². The SMILES string of the molecule is CCc1nnc2c(Sc3ccccc3)nc3ccccc3n12. The molecule has 0 saturated carbocycles. The van der Waals surface area contributed by atoms with Gasteiger partial charge in [-0.15, -0.1) is 10.2 Å². The molecule has 2 heterocycles. The standard InChI is InChI=1S/C17H14N4S/c1-2-15-19-20-16-17(22-12-8-4-3-5-9-12)18-13-10-6-7-11-14(13)21(15)16/h3-11H,2H2,1H3. The van der Waals surface area contributed by atoms with Crippen LogP contribution in [0.1, 0.15) is 12.7 Å². The summed E-state index contributed by atoms with van der Waals surface area (Å²) in [6, 6.07) is 18.4. The maximum absolute atomic E-state index is 4.79. The summed E-state index contributed by atoms with van der Waals surface area (Å²) >= 11 is 1.62. The smallest absolute Gasteiger partial charge is 0.194 e. The average Bonchev–Trinajstić information content (AvgIpc) is 3.01. The van der Waals surface area contributed by atoms with Crippen molar-refractivity contribution in [2.75, 3.05) is 0 Å². The fourth-order valence-corrected chi connectivity index (χ4v) is 3.40. The van der Waals surface area contributed by atoms with Crippen LogP contribution in [0.5, 0.6) is 0 Å². The molecular weight excluding hydrogens is 292 g/mol. The lowest BCUT2D eigenvalue weighted by Gasteiger charge is -2.07. The van der Waals surface area contributed by atoms with Crippen molar-refractivity contribution in [1.29, 1.82) is 0 Å². The van der Waals surface area contributed by atoms with Crippen LogP contribution in [0.2, 0.25) is 0 Å². The van der Waals surface area contributed by atoms with Gasteiger partial charge in [-0.25, -0.2) is 4.98 Å². The Morgan fingerprint density at radius 1 is 0.955 bits per heavy atom. The molecule has 0 amide bonds. The van der Waals surface area contributed by atoms with Gasteiger partial charge in [-0.1, -0.05) is 49.0 Å². The summed E-state index contributed by atoms with van der Waals surface area (Å²) in [5.74, 6) is 0.962. The summed E-state index contributed by atoms with van der Waals surface area (Å²) in [7, 11) is 0. The number of aromatic nitrogens is 4. The van der Waals surface area contributed by atoms with E-state index >= 15 is 0 Å². The molecule has 0 bridgehead atoms. The van der Waals surface area contributed by atoms with Crippen LogP contribution in [0.3, 0.4) is 0 Å². The molecule has 0 N–H and O–H groups in total. The molecule has 5 heteroatoms. The lowest BCUT2D eigenvalue weighted by atomic mass is 10.3. The Balaban J connectivity index is 1.99. The van der Waals surface area contributed by atoms with Crippen molar-refractivity contribution in [3.05, 3.63) is 60.4 Å². The van der Waals surface area contributed by atoms with Gasteiger partial charge in [0.15, 0.2) is 5.65 Å². The minimum Gasteiger partial charge on any atom is -0.275 e. The Morgan fingerprint density at radius 3 is 2.55 bits per heavy atom. The van der Waals surface area contributed by atoms with Crippen LogP contribution in [-0.4, -0.2) is 19.6 Å². The topological polar surface area (TPSA) is 43.1 Å². The van der Waals surface area contributed by atoms with Crippen LogP contribution in [0.15, 0.2) is 64.5 Å². The van der Waals surface area contributed by atoms with Gasteiger partial charge in [-0.2, -0.15) is 0 Å². The summed E-state index contributed by atoms with van der Waals surface area (Å²) < 4.78 is 2.12. The van der Waals surface area contributed by atoms with E-state index in [0.29, 0.717) is 0 Å². The molecule has 2 aromatic carbocycles. The van der Waals surface area contributed by atoms with Crippen molar-refractivity contribution >= 4 is 28.4 Å². The number of aryl methyl sites for hydroxylation is 1. The van der Waals surface area contributed by atoms with Gasteiger partial charge in [-0.3, -0.25) is 4.40 Å². The second-order valence-corrected chi connectivity index (χ2v) is 6.01. The minimum atomic E-state index is 0.824. The average molecular weight is 306 g/mol. The van der Waals surface area contributed by atoms with Crippen LogP contribution in [0.25, 0.3) is 16.7 Å². The predicted octanol–water partition coefficient (Wildman–Crippen LogP) is 3.99. The molecular formula is C17H14N4S. The largest absolute Gasteiger partial charge is 0.275 e. The second kappa shape index (κ2) is 5.42. The predicted molar refractivity (Wildman–Crippen MR) is 88.2 cm³/mol. The number of nitrogens with zero attached hydrogens (tertiary/aromatic N) is 4. The Kier molecular flexibility index (Phi) is 3.27. The van der Waals surface area contributed by atoms with Crippen LogP contribution >= 0.6 is 11.8 Å². The van der Waals surface area contributed by atoms with Crippen molar-refractivity contribution in [2.45, 2.75) is 23.3 Å². The van der Waals surface area contributed by atoms with Gasteiger partial charge < -0.3 is 0 Å². The first-order valence-corrected chi connectivity index (χ1v) is 8.04. The van der Waals surface area contributed by atoms with Crippen LogP contribution in [0, 0.1) is 0 Å². The molecule has 0 unspecified atom stereocenters. The number of rotatable bonds is 3. The Labute approximate surface area is 132 Å². The second-order valence-electron chi connectivity index (χ2n) is 4.95. The molecule has 0 fully saturated rings. The molecule has 108 valence electrons. The first-order chi connectivity index (χ1) is 10.9. The van der Waals surface area contributed by atoms with Gasteiger partial charge in [0.1, 0.15) is 10.9 Å². The van der Waals surface area contributed by atoms with E-state index in [0.717, 1.165) is 38.8 Å². The van der Waals surface area contributed by atoms with Gasteiger partial charge in [0, 0.05) is 11.3 Å². The Hall–Kier alpha value is -2.40. The van der Waals surface area contributed by atoms with Crippen molar-refractivity contribution in [1.82, 2.24) is 19.6 Å². The molecule has 0 aliphatic rings. The quantitative estimate of drug-likeness (QED) is 0.574. The summed E-state index contributed by atoms with van der Waals surface area (Å²) in [4.78, 5) is 5.93. The normalized spacial score (nSPS) is 11.3. The van der Waals surface area contributed by atoms with Crippen molar-refractivity contribution in [2.24, 2.45) is 0 Å². The number of hydrogen-bond acceptors (Lipinski definition) is 4. The highest BCUT2D eigenvalue weighted by Gasteiger charge is 2.14. The fourth-order valence-electron chi connectivity index (χ4n) is 2.51. The highest BCUT2D eigenvalue weighted by molar-refractivity contribution is 7.99. The zero-order chi connectivity index (χ0) is 14.9. The van der Waals surface area contributed by atoms with Gasteiger partial charge in [0.05, 0.1) is 11.0 Å². The molecule has 4 nitrogen and oxygen atoms in total. The minimum absolute atomic E-state index is 0.824. The summed E-state index contributed by atoms with van der Waals surface area (Å²) in [6.07, 6.45) is 0.838. The molecule has 2 aromatic heterocycles. The van der Waals surface area contributed by atoms with Crippen molar-refractivity contribution in [3.8, 4) is 0 Å². The van der Waals surface area contributed by atoms with Crippen LogP contribution in [0.4, 0.5) is 0 Å². The third kappa shape index (κ3) is 2.14. The van der Waals surface area contributed by atoms with Gasteiger partial charge in [0.25, 0.3) is 0 Å². The number of fused-ring (bicyclic) bond motifs is 3. The third-order valence-corrected chi connectivity index (χ3v) is 4.52. The molecule has 0 atom stereocenters. The summed E-state index contributed by atoms with van der Waals surface area (Å²) in [5.41, 5.74) is 2.84. The van der Waals surface area contributed by atoms with Crippen molar-refractivity contribution < 1.29 is 0 Å².